The predicted molar refractivity (Wildman–Crippen MR) is 94.5 cm³/mol. The summed E-state index contributed by atoms with van der Waals surface area (Å²) in [6, 6.07) is 10.5. The third kappa shape index (κ3) is 4.77. The number of nitrogens with one attached hydrogen (secondary N) is 2. The molecule has 132 valence electrons. The van der Waals surface area contributed by atoms with E-state index in [4.69, 9.17) is 0 Å². The second kappa shape index (κ2) is 7.31. The van der Waals surface area contributed by atoms with Gasteiger partial charge in [-0.1, -0.05) is 12.1 Å². The van der Waals surface area contributed by atoms with Crippen molar-refractivity contribution in [3.05, 3.63) is 58.1 Å². The molecule has 2 aromatic rings. The predicted octanol–water partition coefficient (Wildman–Crippen LogP) is 2.36. The normalized spacial score (nSPS) is 11.0. The lowest BCUT2D eigenvalue weighted by Crippen LogP contribution is -2.22. The topological polar surface area (TPSA) is 118 Å². The number of hydrogen-bond donors (Lipinski definition) is 2. The molecule has 0 atom stereocenters. The van der Waals surface area contributed by atoms with E-state index in [0.717, 1.165) is 6.26 Å². The molecule has 2 N–H and O–H groups in total. The fourth-order valence-electron chi connectivity index (χ4n) is 2.20. The first-order valence-electron chi connectivity index (χ1n) is 7.26. The van der Waals surface area contributed by atoms with Gasteiger partial charge in [0.1, 0.15) is 0 Å². The molecule has 0 saturated carbocycles. The lowest BCUT2D eigenvalue weighted by Gasteiger charge is -2.10. The summed E-state index contributed by atoms with van der Waals surface area (Å²) < 4.78 is 23.1. The van der Waals surface area contributed by atoms with Crippen molar-refractivity contribution in [2.45, 2.75) is 11.8 Å². The molecule has 0 aliphatic rings. The van der Waals surface area contributed by atoms with Gasteiger partial charge in [0.15, 0.2) is 9.84 Å². The second-order valence-electron chi connectivity index (χ2n) is 5.41. The molecule has 0 heterocycles. The van der Waals surface area contributed by atoms with Crippen LogP contribution in [0.5, 0.6) is 0 Å². The van der Waals surface area contributed by atoms with Crippen LogP contribution in [0, 0.1) is 17.0 Å². The molecule has 8 nitrogen and oxygen atoms in total. The van der Waals surface area contributed by atoms with E-state index in [1.807, 2.05) is 0 Å². The van der Waals surface area contributed by atoms with E-state index < -0.39 is 20.7 Å². The highest BCUT2D eigenvalue weighted by molar-refractivity contribution is 7.90. The highest BCUT2D eigenvalue weighted by atomic mass is 32.2. The van der Waals surface area contributed by atoms with Crippen LogP contribution >= 0.6 is 0 Å². The van der Waals surface area contributed by atoms with Gasteiger partial charge in [0.05, 0.1) is 16.4 Å². The Kier molecular flexibility index (Phi) is 5.38. The highest BCUT2D eigenvalue weighted by Gasteiger charge is 2.14. The first-order chi connectivity index (χ1) is 11.7. The Balaban J connectivity index is 2.05. The van der Waals surface area contributed by atoms with Crippen molar-refractivity contribution in [2.75, 3.05) is 23.4 Å². The molecule has 0 unspecified atom stereocenters. The number of anilines is 2. The molecule has 0 aromatic heterocycles. The van der Waals surface area contributed by atoms with Crippen LogP contribution in [0.1, 0.15) is 5.56 Å². The fourth-order valence-corrected chi connectivity index (χ4v) is 2.86. The van der Waals surface area contributed by atoms with Gasteiger partial charge < -0.3 is 10.6 Å². The first-order valence-corrected chi connectivity index (χ1v) is 9.15. The Morgan fingerprint density at radius 1 is 1.20 bits per heavy atom. The van der Waals surface area contributed by atoms with Crippen molar-refractivity contribution >= 4 is 32.8 Å². The van der Waals surface area contributed by atoms with Gasteiger partial charge in [-0.3, -0.25) is 14.9 Å². The number of benzene rings is 2. The van der Waals surface area contributed by atoms with Crippen molar-refractivity contribution in [1.82, 2.24) is 0 Å². The van der Waals surface area contributed by atoms with Gasteiger partial charge in [0.25, 0.3) is 5.69 Å². The molecule has 25 heavy (non-hydrogen) atoms. The molecule has 2 aromatic carbocycles. The summed E-state index contributed by atoms with van der Waals surface area (Å²) in [6.07, 6.45) is 1.08. The Morgan fingerprint density at radius 3 is 2.52 bits per heavy atom. The Labute approximate surface area is 144 Å². The van der Waals surface area contributed by atoms with Crippen LogP contribution in [0.3, 0.4) is 0 Å². The molecule has 0 spiro atoms. The second-order valence-corrected chi connectivity index (χ2v) is 7.42. The van der Waals surface area contributed by atoms with Gasteiger partial charge >= 0.3 is 0 Å². The summed E-state index contributed by atoms with van der Waals surface area (Å²) in [4.78, 5) is 22.6. The van der Waals surface area contributed by atoms with Gasteiger partial charge in [-0.25, -0.2) is 8.42 Å². The average Bonchev–Trinajstić information content (AvgIpc) is 2.53. The molecule has 9 heteroatoms. The maximum atomic E-state index is 12.0. The zero-order valence-electron chi connectivity index (χ0n) is 13.6. The quantitative estimate of drug-likeness (QED) is 0.601. The molecule has 0 radical (unpaired) electrons. The molecule has 0 saturated heterocycles. The van der Waals surface area contributed by atoms with Gasteiger partial charge in [0, 0.05) is 29.3 Å². The van der Waals surface area contributed by atoms with Gasteiger partial charge in [-0.05, 0) is 31.2 Å². The summed E-state index contributed by atoms with van der Waals surface area (Å²) in [5, 5.41) is 16.3. The monoisotopic (exact) mass is 363 g/mol. The van der Waals surface area contributed by atoms with Crippen LogP contribution in [-0.2, 0) is 14.6 Å². The van der Waals surface area contributed by atoms with Crippen molar-refractivity contribution in [3.8, 4) is 0 Å². The van der Waals surface area contributed by atoms with Crippen LogP contribution in [0.25, 0.3) is 0 Å². The van der Waals surface area contributed by atoms with Crippen LogP contribution in [-0.4, -0.2) is 32.0 Å². The van der Waals surface area contributed by atoms with Crippen molar-refractivity contribution < 1.29 is 18.1 Å². The first kappa shape index (κ1) is 18.4. The molecule has 0 bridgehead atoms. The van der Waals surface area contributed by atoms with Crippen molar-refractivity contribution in [2.24, 2.45) is 0 Å². The van der Waals surface area contributed by atoms with Crippen molar-refractivity contribution in [1.29, 1.82) is 0 Å². The summed E-state index contributed by atoms with van der Waals surface area (Å²) in [7, 11) is -3.37. The lowest BCUT2D eigenvalue weighted by molar-refractivity contribution is -0.385. The number of carbonyl (C=O) groups excluding carboxylic acids is 1. The highest BCUT2D eigenvalue weighted by Crippen LogP contribution is 2.24. The molecule has 0 aliphatic carbocycles. The van der Waals surface area contributed by atoms with E-state index in [2.05, 4.69) is 10.6 Å². The third-order valence-electron chi connectivity index (χ3n) is 3.49. The van der Waals surface area contributed by atoms with E-state index in [-0.39, 0.29) is 17.1 Å². The van der Waals surface area contributed by atoms with E-state index in [1.165, 1.54) is 30.3 Å². The van der Waals surface area contributed by atoms with Crippen molar-refractivity contribution in [3.63, 3.8) is 0 Å². The zero-order valence-corrected chi connectivity index (χ0v) is 14.5. The maximum Gasteiger partial charge on any atom is 0.274 e. The minimum atomic E-state index is -3.37. The summed E-state index contributed by atoms with van der Waals surface area (Å²) >= 11 is 0. The number of nitrogens with zero attached hydrogens (tertiary/aromatic N) is 1. The van der Waals surface area contributed by atoms with E-state index in [1.54, 1.807) is 19.1 Å². The number of nitro benzene ring substituents is 1. The minimum Gasteiger partial charge on any atom is -0.376 e. The summed E-state index contributed by atoms with van der Waals surface area (Å²) in [5.41, 5.74) is 1.23. The summed E-state index contributed by atoms with van der Waals surface area (Å²) in [5.74, 6) is -0.406. The molecule has 2 rings (SSSR count). The fraction of sp³-hybridized carbons (Fsp3) is 0.188. The summed E-state index contributed by atoms with van der Waals surface area (Å²) in [6.45, 7) is 1.47. The van der Waals surface area contributed by atoms with E-state index in [9.17, 15) is 23.3 Å². The van der Waals surface area contributed by atoms with Crippen LogP contribution in [0.4, 0.5) is 17.1 Å². The standard InChI is InChI=1S/C16H17N3O5S/c1-11-14(7-4-8-15(11)19(21)22)17-10-16(20)18-12-5-3-6-13(9-12)25(2,23)24/h3-9,17H,10H2,1-2H3,(H,18,20). The van der Waals surface area contributed by atoms with Gasteiger partial charge in [-0.2, -0.15) is 0 Å². The number of nitro groups is 1. The Morgan fingerprint density at radius 2 is 1.88 bits per heavy atom. The van der Waals surface area contributed by atoms with Gasteiger partial charge in [0.2, 0.25) is 5.91 Å². The molecule has 0 fully saturated rings. The Hall–Kier alpha value is -2.94. The van der Waals surface area contributed by atoms with Gasteiger partial charge in [-0.15, -0.1) is 0 Å². The number of amides is 1. The zero-order chi connectivity index (χ0) is 18.6. The largest absolute Gasteiger partial charge is 0.376 e. The smallest absolute Gasteiger partial charge is 0.274 e. The van der Waals surface area contributed by atoms with Crippen LogP contribution < -0.4 is 10.6 Å². The third-order valence-corrected chi connectivity index (χ3v) is 4.60. The average molecular weight is 363 g/mol. The maximum absolute atomic E-state index is 12.0. The lowest BCUT2D eigenvalue weighted by atomic mass is 10.1. The number of rotatable bonds is 6. The number of carbonyl (C=O) groups is 1. The number of hydrogen-bond acceptors (Lipinski definition) is 6. The van der Waals surface area contributed by atoms with E-state index >= 15 is 0 Å². The van der Waals surface area contributed by atoms with E-state index in [0.29, 0.717) is 16.9 Å². The SMILES string of the molecule is Cc1c(NCC(=O)Nc2cccc(S(C)(=O)=O)c2)cccc1[N+](=O)[O-]. The van der Waals surface area contributed by atoms with Crippen LogP contribution in [0.15, 0.2) is 47.4 Å². The molecular formula is C16H17N3O5S. The minimum absolute atomic E-state index is 0.0359. The molecule has 1 amide bonds. The Bertz CT molecular complexity index is 925. The molecular weight excluding hydrogens is 346 g/mol. The number of sulfone groups is 1. The molecule has 0 aliphatic heterocycles. The van der Waals surface area contributed by atoms with Crippen LogP contribution in [0.2, 0.25) is 0 Å².